The second-order valence-electron chi connectivity index (χ2n) is 13.6. The number of hydrogen-bond donors (Lipinski definition) is 2. The van der Waals surface area contributed by atoms with Gasteiger partial charge in [0.05, 0.1) is 6.61 Å². The molecule has 0 radical (unpaired) electrons. The predicted octanol–water partition coefficient (Wildman–Crippen LogP) is 4.95. The smallest absolute Gasteiger partial charge is 0.330 e. The van der Waals surface area contributed by atoms with Crippen LogP contribution < -0.4 is 11.2 Å². The van der Waals surface area contributed by atoms with E-state index in [1.807, 2.05) is 78.9 Å². The third-order valence-corrected chi connectivity index (χ3v) is 14.2. The zero-order valence-electron chi connectivity index (χ0n) is 28.5. The lowest BCUT2D eigenvalue weighted by Gasteiger charge is -2.42. The highest BCUT2D eigenvalue weighted by Crippen LogP contribution is 2.47. The summed E-state index contributed by atoms with van der Waals surface area (Å²) in [5.41, 5.74) is -0.190. The Kier molecular flexibility index (Phi) is 10.6. The fourth-order valence-corrected chi connectivity index (χ4v) is 7.12. The van der Waals surface area contributed by atoms with E-state index in [9.17, 15) is 14.7 Å². The van der Waals surface area contributed by atoms with E-state index in [1.165, 1.54) is 16.8 Å². The molecule has 2 aromatic carbocycles. The summed E-state index contributed by atoms with van der Waals surface area (Å²) in [6.45, 7) is 10.0. The van der Waals surface area contributed by atoms with E-state index < -0.39 is 62.1 Å². The number of ether oxygens (including phenoxy) is 3. The highest BCUT2D eigenvalue weighted by atomic mass is 28.4. The van der Waals surface area contributed by atoms with Crippen LogP contribution in [0.2, 0.25) is 18.1 Å². The van der Waals surface area contributed by atoms with Crippen LogP contribution in [0, 0.1) is 0 Å². The van der Waals surface area contributed by atoms with Crippen LogP contribution in [-0.4, -0.2) is 67.9 Å². The molecule has 0 amide bonds. The van der Waals surface area contributed by atoms with Crippen LogP contribution in [-0.2, 0) is 34.0 Å². The molecule has 12 heteroatoms. The number of H-pyrrole nitrogens is 1. The van der Waals surface area contributed by atoms with Gasteiger partial charge in [0.1, 0.15) is 12.2 Å². The quantitative estimate of drug-likeness (QED) is 0.118. The summed E-state index contributed by atoms with van der Waals surface area (Å²) in [5.74, 6) is -0.940. The van der Waals surface area contributed by atoms with Crippen molar-refractivity contribution in [3.63, 3.8) is 0 Å². The van der Waals surface area contributed by atoms with E-state index in [0.29, 0.717) is 6.42 Å². The third kappa shape index (κ3) is 6.85. The van der Waals surface area contributed by atoms with Crippen LogP contribution in [0.25, 0.3) is 0 Å². The highest BCUT2D eigenvalue weighted by Gasteiger charge is 2.54. The van der Waals surface area contributed by atoms with E-state index in [1.54, 1.807) is 14.2 Å². The number of nitrogens with zero attached hydrogens (tertiary/aromatic N) is 1. The van der Waals surface area contributed by atoms with Crippen LogP contribution in [0.3, 0.4) is 0 Å². The number of benzene rings is 2. The SMILES string of the molecule is COC1(OC)C=CC(C(OO[C@H]2[C@@H](O[Si](C)(C)C(C)(C)C)[C@H](n3ccc(=O)[nH]c3=O)O[C@@H]2CO)(c2ccccc2)c2ccccc2)=CC1. The maximum Gasteiger partial charge on any atom is 0.330 e. The lowest BCUT2D eigenvalue weighted by molar-refractivity contribution is -0.382. The summed E-state index contributed by atoms with van der Waals surface area (Å²) >= 11 is 0. The number of aliphatic hydroxyl groups excluding tert-OH is 1. The van der Waals surface area contributed by atoms with Gasteiger partial charge in [0.15, 0.2) is 32.0 Å². The maximum absolute atomic E-state index is 13.0. The molecule has 11 nitrogen and oxygen atoms in total. The monoisotopic (exact) mass is 678 g/mol. The number of aromatic nitrogens is 2. The van der Waals surface area contributed by atoms with Gasteiger partial charge in [0, 0.05) is 32.9 Å². The molecule has 1 aliphatic carbocycles. The van der Waals surface area contributed by atoms with Crippen molar-refractivity contribution in [1.29, 1.82) is 0 Å². The summed E-state index contributed by atoms with van der Waals surface area (Å²) in [6, 6.07) is 20.6. The summed E-state index contributed by atoms with van der Waals surface area (Å²) in [4.78, 5) is 40.6. The molecule has 5 rings (SSSR count). The Balaban J connectivity index is 1.64. The highest BCUT2D eigenvalue weighted by molar-refractivity contribution is 6.74. The van der Waals surface area contributed by atoms with E-state index >= 15 is 0 Å². The van der Waals surface area contributed by atoms with Crippen LogP contribution in [0.15, 0.2) is 106 Å². The lowest BCUT2D eigenvalue weighted by Crippen LogP contribution is -2.51. The van der Waals surface area contributed by atoms with E-state index in [0.717, 1.165) is 16.7 Å². The van der Waals surface area contributed by atoms with Gasteiger partial charge in [-0.05, 0) is 40.9 Å². The minimum absolute atomic E-state index is 0.221. The van der Waals surface area contributed by atoms with Crippen LogP contribution >= 0.6 is 0 Å². The molecule has 0 bridgehead atoms. The molecule has 2 N–H and O–H groups in total. The van der Waals surface area contributed by atoms with Crippen LogP contribution in [0.5, 0.6) is 0 Å². The molecule has 2 aliphatic rings. The molecule has 1 aromatic heterocycles. The van der Waals surface area contributed by atoms with E-state index in [-0.39, 0.29) is 5.04 Å². The Morgan fingerprint density at radius 2 is 1.56 bits per heavy atom. The molecule has 1 fully saturated rings. The Bertz CT molecular complexity index is 1670. The van der Waals surface area contributed by atoms with Crippen molar-refractivity contribution in [3.8, 4) is 0 Å². The van der Waals surface area contributed by atoms with Gasteiger partial charge in [-0.25, -0.2) is 14.6 Å². The van der Waals surface area contributed by atoms with Gasteiger partial charge < -0.3 is 23.7 Å². The van der Waals surface area contributed by atoms with Crippen molar-refractivity contribution in [2.24, 2.45) is 0 Å². The second-order valence-corrected chi connectivity index (χ2v) is 18.3. The lowest BCUT2D eigenvalue weighted by atomic mass is 9.77. The van der Waals surface area contributed by atoms with Crippen molar-refractivity contribution in [1.82, 2.24) is 9.55 Å². The summed E-state index contributed by atoms with van der Waals surface area (Å²) in [5, 5.41) is 10.4. The number of methoxy groups -OCH3 is 2. The van der Waals surface area contributed by atoms with Crippen molar-refractivity contribution >= 4 is 8.32 Å². The van der Waals surface area contributed by atoms with Gasteiger partial charge in [0.2, 0.25) is 0 Å². The Morgan fingerprint density at radius 1 is 0.958 bits per heavy atom. The fraction of sp³-hybridized carbons (Fsp3) is 0.444. The Morgan fingerprint density at radius 3 is 2.04 bits per heavy atom. The molecular formula is C36H46N2O9Si. The molecule has 2 heterocycles. The number of nitrogens with one attached hydrogen (secondary N) is 1. The molecule has 0 unspecified atom stereocenters. The van der Waals surface area contributed by atoms with Crippen molar-refractivity contribution in [3.05, 3.63) is 129 Å². The number of aromatic amines is 1. The number of rotatable bonds is 12. The molecule has 1 aliphatic heterocycles. The standard InChI is InChI=1S/C36H46N2O9Si/c1-34(2,3)48(6,7)46-31-30(28(24-39)44-32(31)38-23-20-29(40)37-33(38)41)45-47-36(25-14-10-8-11-15-25,26-16-12-9-13-17-26)27-18-21-35(42-4,43-5)22-19-27/h8-21,23,28,30-32,39H,22,24H2,1-7H3,(H,37,40,41)/t28-,30-,31-,32-/m1/s1. The topological polar surface area (TPSA) is 130 Å². The average Bonchev–Trinajstić information content (AvgIpc) is 3.41. The zero-order valence-corrected chi connectivity index (χ0v) is 29.5. The van der Waals surface area contributed by atoms with Gasteiger partial charge >= 0.3 is 5.69 Å². The molecule has 4 atom stereocenters. The minimum Gasteiger partial charge on any atom is -0.406 e. The van der Waals surface area contributed by atoms with Gasteiger partial charge in [-0.2, -0.15) is 0 Å². The van der Waals surface area contributed by atoms with E-state index in [4.69, 9.17) is 28.4 Å². The van der Waals surface area contributed by atoms with Crippen molar-refractivity contribution in [2.45, 2.75) is 81.3 Å². The third-order valence-electron chi connectivity index (χ3n) is 9.69. The molecule has 48 heavy (non-hydrogen) atoms. The molecule has 0 saturated carbocycles. The first-order chi connectivity index (χ1) is 22.8. The van der Waals surface area contributed by atoms with Gasteiger partial charge in [-0.3, -0.25) is 14.3 Å². The largest absolute Gasteiger partial charge is 0.406 e. The average molecular weight is 679 g/mol. The van der Waals surface area contributed by atoms with Gasteiger partial charge in [-0.15, -0.1) is 0 Å². The summed E-state index contributed by atoms with van der Waals surface area (Å²) in [6.07, 6.45) is 3.64. The number of hydrogen-bond acceptors (Lipinski definition) is 9. The normalized spacial score (nSPS) is 22.9. The second kappa shape index (κ2) is 14.2. The van der Waals surface area contributed by atoms with E-state index in [2.05, 4.69) is 38.8 Å². The Labute approximate surface area is 281 Å². The van der Waals surface area contributed by atoms with Crippen molar-refractivity contribution in [2.75, 3.05) is 20.8 Å². The summed E-state index contributed by atoms with van der Waals surface area (Å²) in [7, 11) is 0.634. The zero-order chi connectivity index (χ0) is 34.7. The summed E-state index contributed by atoms with van der Waals surface area (Å²) < 4.78 is 25.9. The van der Waals surface area contributed by atoms with Crippen LogP contribution in [0.1, 0.15) is 44.5 Å². The van der Waals surface area contributed by atoms with Crippen molar-refractivity contribution < 1.29 is 33.5 Å². The first-order valence-electron chi connectivity index (χ1n) is 16.0. The predicted molar refractivity (Wildman–Crippen MR) is 183 cm³/mol. The fourth-order valence-electron chi connectivity index (χ4n) is 5.84. The first-order valence-corrected chi connectivity index (χ1v) is 18.9. The molecular weight excluding hydrogens is 632 g/mol. The van der Waals surface area contributed by atoms with Gasteiger partial charge in [-0.1, -0.05) is 93.6 Å². The Hall–Kier alpha value is -3.46. The first kappa shape index (κ1) is 35.8. The van der Waals surface area contributed by atoms with Crippen LogP contribution in [0.4, 0.5) is 0 Å². The molecule has 0 spiro atoms. The molecule has 3 aromatic rings. The molecule has 1 saturated heterocycles. The molecule has 258 valence electrons. The number of aliphatic hydroxyl groups is 1. The minimum atomic E-state index is -2.55. The maximum atomic E-state index is 13.0. The van der Waals surface area contributed by atoms with Gasteiger partial charge in [0.25, 0.3) is 5.56 Å².